The average Bonchev–Trinajstić information content (AvgIpc) is 3.12. The first-order valence-corrected chi connectivity index (χ1v) is 6.86. The predicted octanol–water partition coefficient (Wildman–Crippen LogP) is 3.12. The number of hydrogen-bond acceptors (Lipinski definition) is 6. The Balaban J connectivity index is 1.61. The highest BCUT2D eigenvalue weighted by atomic mass is 35.5. The third-order valence-corrected chi connectivity index (χ3v) is 3.18. The number of carbonyl (C=O) groups excluding carboxylic acids is 1. The number of fused-ring (bicyclic) bond motifs is 1. The minimum atomic E-state index is -0.491. The highest BCUT2D eigenvalue weighted by Crippen LogP contribution is 2.40. The van der Waals surface area contributed by atoms with Gasteiger partial charge in [-0.05, 0) is 30.7 Å². The molecular formula is C15H12ClNO5. The number of benzene rings is 1. The zero-order chi connectivity index (χ0) is 15.5. The molecule has 0 saturated carbocycles. The molecule has 1 aliphatic rings. The first-order chi connectivity index (χ1) is 10.6. The highest BCUT2D eigenvalue weighted by molar-refractivity contribution is 6.32. The molecule has 6 nitrogen and oxygen atoms in total. The van der Waals surface area contributed by atoms with Gasteiger partial charge in [0.2, 0.25) is 6.79 Å². The van der Waals surface area contributed by atoms with Gasteiger partial charge in [-0.3, -0.25) is 0 Å². The number of nitrogens with zero attached hydrogens (tertiary/aromatic N) is 1. The second-order valence-corrected chi connectivity index (χ2v) is 5.01. The van der Waals surface area contributed by atoms with E-state index in [1.165, 1.54) is 6.08 Å². The van der Waals surface area contributed by atoms with E-state index in [1.807, 2.05) is 0 Å². The smallest absolute Gasteiger partial charge is 0.331 e. The SMILES string of the molecule is Cc1cc(COC(=O)/C=C/c2cc(Cl)c3c(c2)OCO3)no1. The van der Waals surface area contributed by atoms with Gasteiger partial charge in [0.1, 0.15) is 18.1 Å². The third kappa shape index (κ3) is 3.23. The summed E-state index contributed by atoms with van der Waals surface area (Å²) >= 11 is 6.06. The fourth-order valence-corrected chi connectivity index (χ4v) is 2.20. The second-order valence-electron chi connectivity index (χ2n) is 4.61. The van der Waals surface area contributed by atoms with Gasteiger partial charge >= 0.3 is 5.97 Å². The van der Waals surface area contributed by atoms with E-state index in [2.05, 4.69) is 5.16 Å². The standard InChI is InChI=1S/C15H12ClNO5/c1-9-4-11(17-22-9)7-19-14(18)3-2-10-5-12(16)15-13(6-10)20-8-21-15/h2-6H,7-8H2,1H3/b3-2+. The summed E-state index contributed by atoms with van der Waals surface area (Å²) in [6, 6.07) is 5.12. The maximum absolute atomic E-state index is 11.7. The van der Waals surface area contributed by atoms with Crippen molar-refractivity contribution in [1.29, 1.82) is 0 Å². The van der Waals surface area contributed by atoms with E-state index < -0.39 is 5.97 Å². The molecule has 22 heavy (non-hydrogen) atoms. The summed E-state index contributed by atoms with van der Waals surface area (Å²) < 4.78 is 20.4. The lowest BCUT2D eigenvalue weighted by Gasteiger charge is -2.01. The van der Waals surface area contributed by atoms with Crippen LogP contribution in [0.25, 0.3) is 6.08 Å². The Labute approximate surface area is 131 Å². The molecule has 7 heteroatoms. The molecule has 0 aliphatic carbocycles. The summed E-state index contributed by atoms with van der Waals surface area (Å²) in [7, 11) is 0. The zero-order valence-electron chi connectivity index (χ0n) is 11.7. The Morgan fingerprint density at radius 2 is 2.27 bits per heavy atom. The van der Waals surface area contributed by atoms with Crippen molar-refractivity contribution < 1.29 is 23.5 Å². The van der Waals surface area contributed by atoms with E-state index in [4.69, 9.17) is 30.3 Å². The van der Waals surface area contributed by atoms with Crippen molar-refractivity contribution in [3.05, 3.63) is 46.3 Å². The monoisotopic (exact) mass is 321 g/mol. The molecule has 0 spiro atoms. The van der Waals surface area contributed by atoms with Crippen LogP contribution in [-0.4, -0.2) is 17.9 Å². The van der Waals surface area contributed by atoms with Crippen molar-refractivity contribution in [1.82, 2.24) is 5.16 Å². The minimum Gasteiger partial charge on any atom is -0.456 e. The number of halogens is 1. The van der Waals surface area contributed by atoms with Gasteiger partial charge in [0.25, 0.3) is 0 Å². The van der Waals surface area contributed by atoms with Gasteiger partial charge in [-0.25, -0.2) is 4.79 Å². The van der Waals surface area contributed by atoms with Crippen molar-refractivity contribution in [2.75, 3.05) is 6.79 Å². The van der Waals surface area contributed by atoms with Gasteiger partial charge in [0, 0.05) is 12.1 Å². The summed E-state index contributed by atoms with van der Waals surface area (Å²) in [6.45, 7) is 1.96. The van der Waals surface area contributed by atoms with E-state index in [0.29, 0.717) is 33.5 Å². The summed E-state index contributed by atoms with van der Waals surface area (Å²) in [4.78, 5) is 11.7. The van der Waals surface area contributed by atoms with Crippen LogP contribution in [0.15, 0.2) is 28.8 Å². The number of esters is 1. The van der Waals surface area contributed by atoms with Crippen LogP contribution >= 0.6 is 11.6 Å². The summed E-state index contributed by atoms with van der Waals surface area (Å²) in [5.74, 6) is 1.24. The van der Waals surface area contributed by atoms with E-state index in [-0.39, 0.29) is 13.4 Å². The maximum atomic E-state index is 11.7. The molecular weight excluding hydrogens is 310 g/mol. The van der Waals surface area contributed by atoms with Crippen molar-refractivity contribution in [2.45, 2.75) is 13.5 Å². The van der Waals surface area contributed by atoms with Gasteiger partial charge in [-0.1, -0.05) is 16.8 Å². The van der Waals surface area contributed by atoms with Crippen molar-refractivity contribution in [3.8, 4) is 11.5 Å². The molecule has 3 rings (SSSR count). The molecule has 0 radical (unpaired) electrons. The number of aryl methyl sites for hydroxylation is 1. The molecule has 1 aromatic heterocycles. The van der Waals surface area contributed by atoms with Gasteiger partial charge in [-0.15, -0.1) is 0 Å². The van der Waals surface area contributed by atoms with Gasteiger partial charge in [0.05, 0.1) is 5.02 Å². The summed E-state index contributed by atoms with van der Waals surface area (Å²) in [5, 5.41) is 4.16. The Morgan fingerprint density at radius 3 is 3.05 bits per heavy atom. The number of aromatic nitrogens is 1. The van der Waals surface area contributed by atoms with Crippen molar-refractivity contribution >= 4 is 23.6 Å². The zero-order valence-corrected chi connectivity index (χ0v) is 12.4. The second kappa shape index (κ2) is 6.11. The molecule has 1 aliphatic heterocycles. The van der Waals surface area contributed by atoms with Crippen LogP contribution < -0.4 is 9.47 Å². The molecule has 0 amide bonds. The van der Waals surface area contributed by atoms with Crippen LogP contribution in [0.2, 0.25) is 5.02 Å². The average molecular weight is 322 g/mol. The van der Waals surface area contributed by atoms with Crippen LogP contribution in [-0.2, 0) is 16.1 Å². The lowest BCUT2D eigenvalue weighted by Crippen LogP contribution is -2.00. The number of hydrogen-bond donors (Lipinski definition) is 0. The first kappa shape index (κ1) is 14.5. The molecule has 2 aromatic rings. The largest absolute Gasteiger partial charge is 0.456 e. The topological polar surface area (TPSA) is 70.8 Å². The van der Waals surface area contributed by atoms with Gasteiger partial charge < -0.3 is 18.7 Å². The lowest BCUT2D eigenvalue weighted by atomic mass is 10.2. The molecule has 0 unspecified atom stereocenters. The fourth-order valence-electron chi connectivity index (χ4n) is 1.93. The fraction of sp³-hybridized carbons (Fsp3) is 0.200. The molecule has 0 atom stereocenters. The van der Waals surface area contributed by atoms with Crippen molar-refractivity contribution in [2.24, 2.45) is 0 Å². The van der Waals surface area contributed by atoms with Crippen molar-refractivity contribution in [3.63, 3.8) is 0 Å². The van der Waals surface area contributed by atoms with Gasteiger partial charge in [-0.2, -0.15) is 0 Å². The van der Waals surface area contributed by atoms with Crippen LogP contribution in [0.1, 0.15) is 17.0 Å². The molecule has 0 fully saturated rings. The Hall–Kier alpha value is -2.47. The summed E-state index contributed by atoms with van der Waals surface area (Å²) in [6.07, 6.45) is 2.89. The van der Waals surface area contributed by atoms with Crippen LogP contribution in [0.5, 0.6) is 11.5 Å². The van der Waals surface area contributed by atoms with E-state index in [9.17, 15) is 4.79 Å². The van der Waals surface area contributed by atoms with Gasteiger partial charge in [0.15, 0.2) is 11.5 Å². The molecule has 0 saturated heterocycles. The predicted molar refractivity (Wildman–Crippen MR) is 77.6 cm³/mol. The van der Waals surface area contributed by atoms with E-state index >= 15 is 0 Å². The number of rotatable bonds is 4. The quantitative estimate of drug-likeness (QED) is 0.636. The van der Waals surface area contributed by atoms with E-state index in [1.54, 1.807) is 31.2 Å². The number of ether oxygens (including phenoxy) is 3. The van der Waals surface area contributed by atoms with Crippen LogP contribution in [0.4, 0.5) is 0 Å². The van der Waals surface area contributed by atoms with E-state index in [0.717, 1.165) is 0 Å². The lowest BCUT2D eigenvalue weighted by molar-refractivity contribution is -0.139. The highest BCUT2D eigenvalue weighted by Gasteiger charge is 2.17. The van der Waals surface area contributed by atoms with Crippen LogP contribution in [0.3, 0.4) is 0 Å². The Bertz CT molecular complexity index is 738. The molecule has 0 bridgehead atoms. The first-order valence-electron chi connectivity index (χ1n) is 6.48. The molecule has 0 N–H and O–H groups in total. The molecule has 114 valence electrons. The normalized spacial score (nSPS) is 12.8. The molecule has 2 heterocycles. The third-order valence-electron chi connectivity index (χ3n) is 2.90. The Morgan fingerprint density at radius 1 is 1.41 bits per heavy atom. The molecule has 1 aromatic carbocycles. The van der Waals surface area contributed by atoms with Crippen LogP contribution in [0, 0.1) is 6.92 Å². The Kier molecular flexibility index (Phi) is 4.02. The number of carbonyl (C=O) groups is 1. The minimum absolute atomic E-state index is 0.0579. The summed E-state index contributed by atoms with van der Waals surface area (Å²) in [5.41, 5.74) is 1.27. The maximum Gasteiger partial charge on any atom is 0.331 e.